The van der Waals surface area contributed by atoms with Crippen molar-refractivity contribution in [3.05, 3.63) is 46.4 Å². The minimum absolute atomic E-state index is 0.0361. The minimum atomic E-state index is -5.83. The molecule has 5 nitrogen and oxygen atoms in total. The maximum atomic E-state index is 13.1. The lowest BCUT2D eigenvalue weighted by atomic mass is 10.2. The van der Waals surface area contributed by atoms with Crippen LogP contribution in [0.15, 0.2) is 40.3 Å². The van der Waals surface area contributed by atoms with Gasteiger partial charge in [-0.15, -0.1) is 11.8 Å². The van der Waals surface area contributed by atoms with E-state index < -0.39 is 41.9 Å². The Morgan fingerprint density at radius 2 is 1.70 bits per heavy atom. The van der Waals surface area contributed by atoms with Gasteiger partial charge in [0.1, 0.15) is 16.4 Å². The summed E-state index contributed by atoms with van der Waals surface area (Å²) in [5, 5.41) is 0.230. The third-order valence-electron chi connectivity index (χ3n) is 4.51. The fourth-order valence-corrected chi connectivity index (χ4v) is 3.68. The molecule has 0 aromatic carbocycles. The normalized spacial score (nSPS) is 13.0. The van der Waals surface area contributed by atoms with Crippen molar-refractivity contribution in [1.29, 1.82) is 0 Å². The highest BCUT2D eigenvalue weighted by atomic mass is 32.2. The van der Waals surface area contributed by atoms with E-state index in [1.807, 2.05) is 0 Å². The van der Waals surface area contributed by atoms with E-state index in [1.165, 1.54) is 4.40 Å². The van der Waals surface area contributed by atoms with Crippen LogP contribution < -0.4 is 10.3 Å². The molecule has 0 aliphatic rings. The molecule has 180 valence electrons. The van der Waals surface area contributed by atoms with Crippen molar-refractivity contribution >= 4 is 17.4 Å². The standard InChI is InChI=1S/C19H15F8N3O2S/c1-3-33-16-14(28-12-6-4-10(8-30(12)16)18(22,23)24)11-5-7-13(29(2)15(11)31)32-9-17(20,21)19(25,26)27/h4-8H,3,9H2,1-2H3. The maximum Gasteiger partial charge on any atom is 0.456 e. The van der Waals surface area contributed by atoms with Crippen LogP contribution in [0.5, 0.6) is 5.88 Å². The lowest BCUT2D eigenvalue weighted by Crippen LogP contribution is -2.42. The molecule has 0 saturated carbocycles. The molecule has 0 radical (unpaired) electrons. The molecule has 0 spiro atoms. The van der Waals surface area contributed by atoms with Gasteiger partial charge in [0.25, 0.3) is 5.56 Å². The number of hydrogen-bond donors (Lipinski definition) is 0. The first-order chi connectivity index (χ1) is 15.2. The number of thioether (sulfide) groups is 1. The number of pyridine rings is 2. The number of fused-ring (bicyclic) bond motifs is 1. The minimum Gasteiger partial charge on any atom is -0.472 e. The van der Waals surface area contributed by atoms with Crippen LogP contribution in [0.3, 0.4) is 0 Å². The largest absolute Gasteiger partial charge is 0.472 e. The van der Waals surface area contributed by atoms with Crippen LogP contribution in [0.1, 0.15) is 12.5 Å². The van der Waals surface area contributed by atoms with Crippen LogP contribution in [-0.2, 0) is 13.2 Å². The smallest absolute Gasteiger partial charge is 0.456 e. The van der Waals surface area contributed by atoms with Gasteiger partial charge in [-0.05, 0) is 30.0 Å². The maximum absolute atomic E-state index is 13.1. The van der Waals surface area contributed by atoms with Gasteiger partial charge in [-0.25, -0.2) is 4.98 Å². The Bertz CT molecular complexity index is 1230. The third kappa shape index (κ3) is 4.80. The van der Waals surface area contributed by atoms with Crippen LogP contribution in [0.4, 0.5) is 35.1 Å². The summed E-state index contributed by atoms with van der Waals surface area (Å²) in [5.41, 5.74) is -1.71. The van der Waals surface area contributed by atoms with Crippen molar-refractivity contribution < 1.29 is 39.9 Å². The van der Waals surface area contributed by atoms with Crippen LogP contribution in [0.2, 0.25) is 0 Å². The second-order valence-corrected chi connectivity index (χ2v) is 8.04. The average molecular weight is 501 g/mol. The number of rotatable bonds is 6. The fourth-order valence-electron chi connectivity index (χ4n) is 2.83. The monoisotopic (exact) mass is 501 g/mol. The van der Waals surface area contributed by atoms with E-state index >= 15 is 0 Å². The number of ether oxygens (including phenoxy) is 1. The van der Waals surface area contributed by atoms with Gasteiger partial charge in [-0.3, -0.25) is 13.8 Å². The second kappa shape index (κ2) is 8.54. The molecular weight excluding hydrogens is 486 g/mol. The van der Waals surface area contributed by atoms with Crippen molar-refractivity contribution in [2.45, 2.75) is 30.2 Å². The molecule has 0 atom stereocenters. The van der Waals surface area contributed by atoms with Gasteiger partial charge in [0, 0.05) is 13.2 Å². The van der Waals surface area contributed by atoms with Crippen molar-refractivity contribution in [3.8, 4) is 17.1 Å². The van der Waals surface area contributed by atoms with Crippen molar-refractivity contribution in [2.24, 2.45) is 7.05 Å². The van der Waals surface area contributed by atoms with Gasteiger partial charge in [-0.2, -0.15) is 35.1 Å². The molecule has 0 fully saturated rings. The molecule has 3 aromatic heterocycles. The molecular formula is C19H15F8N3O2S. The van der Waals surface area contributed by atoms with Crippen LogP contribution >= 0.6 is 11.8 Å². The molecule has 33 heavy (non-hydrogen) atoms. The van der Waals surface area contributed by atoms with E-state index in [1.54, 1.807) is 6.92 Å². The topological polar surface area (TPSA) is 48.5 Å². The molecule has 0 aliphatic carbocycles. The van der Waals surface area contributed by atoms with Crippen LogP contribution in [-0.4, -0.2) is 38.4 Å². The van der Waals surface area contributed by atoms with Gasteiger partial charge >= 0.3 is 18.3 Å². The van der Waals surface area contributed by atoms with E-state index in [0.29, 0.717) is 10.3 Å². The Hall–Kier alpha value is -2.77. The first-order valence-electron chi connectivity index (χ1n) is 9.17. The molecule has 0 N–H and O–H groups in total. The highest BCUT2D eigenvalue weighted by Crippen LogP contribution is 2.37. The molecule has 0 aliphatic heterocycles. The number of alkyl halides is 8. The Kier molecular flexibility index (Phi) is 6.43. The van der Waals surface area contributed by atoms with Crippen LogP contribution in [0.25, 0.3) is 16.9 Å². The van der Waals surface area contributed by atoms with E-state index in [0.717, 1.165) is 49.3 Å². The molecule has 0 saturated heterocycles. The highest BCUT2D eigenvalue weighted by molar-refractivity contribution is 7.99. The number of imidazole rings is 1. The highest BCUT2D eigenvalue weighted by Gasteiger charge is 2.58. The number of halogens is 8. The molecule has 3 aromatic rings. The summed E-state index contributed by atoms with van der Waals surface area (Å²) in [7, 11) is 1.09. The van der Waals surface area contributed by atoms with Gasteiger partial charge < -0.3 is 4.74 Å². The van der Waals surface area contributed by atoms with E-state index in [4.69, 9.17) is 0 Å². The molecule has 3 heterocycles. The van der Waals surface area contributed by atoms with E-state index in [-0.39, 0.29) is 21.9 Å². The predicted octanol–water partition coefficient (Wildman–Crippen LogP) is 5.41. The van der Waals surface area contributed by atoms with Crippen LogP contribution in [0, 0.1) is 0 Å². The van der Waals surface area contributed by atoms with Crippen molar-refractivity contribution in [3.63, 3.8) is 0 Å². The van der Waals surface area contributed by atoms with Gasteiger partial charge in [0.15, 0.2) is 12.5 Å². The zero-order chi connectivity index (χ0) is 24.8. The average Bonchev–Trinajstić information content (AvgIpc) is 3.05. The Labute approximate surface area is 185 Å². The fraction of sp³-hybridized carbons (Fsp3) is 0.368. The second-order valence-electron chi connectivity index (χ2n) is 6.78. The van der Waals surface area contributed by atoms with Gasteiger partial charge in [0.05, 0.1) is 11.1 Å². The lowest BCUT2D eigenvalue weighted by Gasteiger charge is -2.20. The summed E-state index contributed by atoms with van der Waals surface area (Å²) in [6.45, 7) is -0.300. The Morgan fingerprint density at radius 3 is 2.27 bits per heavy atom. The molecule has 3 rings (SSSR count). The summed E-state index contributed by atoms with van der Waals surface area (Å²) < 4.78 is 109. The Morgan fingerprint density at radius 1 is 1.03 bits per heavy atom. The van der Waals surface area contributed by atoms with E-state index in [2.05, 4.69) is 9.72 Å². The predicted molar refractivity (Wildman–Crippen MR) is 104 cm³/mol. The number of hydrogen-bond acceptors (Lipinski definition) is 4. The molecule has 0 unspecified atom stereocenters. The molecule has 14 heteroatoms. The van der Waals surface area contributed by atoms with Gasteiger partial charge in [0.2, 0.25) is 0 Å². The number of aromatic nitrogens is 3. The Balaban J connectivity index is 2.06. The summed E-state index contributed by atoms with van der Waals surface area (Å²) in [5.74, 6) is -5.27. The molecule has 0 amide bonds. The molecule has 0 bridgehead atoms. The number of nitrogens with zero attached hydrogens (tertiary/aromatic N) is 3. The van der Waals surface area contributed by atoms with Crippen molar-refractivity contribution in [1.82, 2.24) is 14.0 Å². The lowest BCUT2D eigenvalue weighted by molar-refractivity contribution is -0.290. The quantitative estimate of drug-likeness (QED) is 0.335. The van der Waals surface area contributed by atoms with Crippen molar-refractivity contribution in [2.75, 3.05) is 12.4 Å². The SMILES string of the molecule is CCSc1c(-c2ccc(OCC(F)(F)C(F)(F)F)n(C)c2=O)nc2ccc(C(F)(F)F)cn12. The summed E-state index contributed by atoms with van der Waals surface area (Å²) in [6, 6.07) is 4.08. The zero-order valence-electron chi connectivity index (χ0n) is 16.9. The first-order valence-corrected chi connectivity index (χ1v) is 10.2. The summed E-state index contributed by atoms with van der Waals surface area (Å²) in [6.07, 6.45) is -9.60. The van der Waals surface area contributed by atoms with Gasteiger partial charge in [-0.1, -0.05) is 6.92 Å². The zero-order valence-corrected chi connectivity index (χ0v) is 17.7. The third-order valence-corrected chi connectivity index (χ3v) is 5.46. The summed E-state index contributed by atoms with van der Waals surface area (Å²) in [4.78, 5) is 17.0. The first kappa shape index (κ1) is 24.9. The summed E-state index contributed by atoms with van der Waals surface area (Å²) >= 11 is 1.12. The van der Waals surface area contributed by atoms with E-state index in [9.17, 15) is 39.9 Å².